The van der Waals surface area contributed by atoms with E-state index >= 15 is 0 Å². The second-order valence-corrected chi connectivity index (χ2v) is 6.30. The maximum atomic E-state index is 10.5. The summed E-state index contributed by atoms with van der Waals surface area (Å²) in [6.07, 6.45) is 3.47. The first-order valence-corrected chi connectivity index (χ1v) is 8.20. The molecule has 0 aromatic heterocycles. The number of amides is 1. The molecule has 23 heavy (non-hydrogen) atoms. The number of nitrogens with one attached hydrogen (secondary N) is 2. The average molecular weight is 322 g/mol. The molecule has 6 heteroatoms. The van der Waals surface area contributed by atoms with Crippen molar-refractivity contribution in [2.75, 3.05) is 18.4 Å². The van der Waals surface area contributed by atoms with Crippen LogP contribution in [0.1, 0.15) is 50.2 Å². The van der Waals surface area contributed by atoms with Gasteiger partial charge in [-0.15, -0.1) is 0 Å². The fraction of sp³-hybridized carbons (Fsp3) is 0.588. The number of aliphatic hydroxyl groups is 2. The molecule has 1 atom stereocenters. The molecule has 0 saturated heterocycles. The molecular formula is C17H26N2O4. The van der Waals surface area contributed by atoms with Crippen molar-refractivity contribution >= 4 is 11.8 Å². The van der Waals surface area contributed by atoms with Gasteiger partial charge in [0.2, 0.25) is 0 Å². The summed E-state index contributed by atoms with van der Waals surface area (Å²) in [5.41, 5.74) is 0.947. The number of anilines is 1. The molecular weight excluding hydrogens is 296 g/mol. The van der Waals surface area contributed by atoms with E-state index in [2.05, 4.69) is 10.6 Å². The lowest BCUT2D eigenvalue weighted by Crippen LogP contribution is -2.38. The van der Waals surface area contributed by atoms with Crippen molar-refractivity contribution in [1.82, 2.24) is 5.32 Å². The molecule has 1 amide bonds. The van der Waals surface area contributed by atoms with Crippen LogP contribution in [0.5, 0.6) is 0 Å². The molecule has 1 aromatic rings. The minimum Gasteiger partial charge on any atom is -0.465 e. The maximum absolute atomic E-state index is 10.5. The summed E-state index contributed by atoms with van der Waals surface area (Å²) in [4.78, 5) is 10.4. The van der Waals surface area contributed by atoms with Crippen LogP contribution < -0.4 is 10.6 Å². The van der Waals surface area contributed by atoms with Crippen LogP contribution in [-0.2, 0) is 0 Å². The Bertz CT molecular complexity index is 515. The molecule has 1 aromatic carbocycles. The minimum absolute atomic E-state index is 0.202. The molecule has 1 saturated carbocycles. The maximum Gasteiger partial charge on any atom is 0.404 e. The van der Waals surface area contributed by atoms with Gasteiger partial charge in [0, 0.05) is 18.8 Å². The van der Waals surface area contributed by atoms with Crippen molar-refractivity contribution in [3.05, 3.63) is 29.8 Å². The second kappa shape index (κ2) is 8.17. The highest BCUT2D eigenvalue weighted by Gasteiger charge is 2.28. The summed E-state index contributed by atoms with van der Waals surface area (Å²) in [7, 11) is 0. The van der Waals surface area contributed by atoms with E-state index in [4.69, 9.17) is 5.11 Å². The fourth-order valence-electron chi connectivity index (χ4n) is 2.99. The van der Waals surface area contributed by atoms with Gasteiger partial charge in [0.05, 0.1) is 11.7 Å². The summed E-state index contributed by atoms with van der Waals surface area (Å²) < 4.78 is 0. The molecule has 1 aliphatic carbocycles. The summed E-state index contributed by atoms with van der Waals surface area (Å²) in [6.45, 7) is 0.709. The van der Waals surface area contributed by atoms with Crippen molar-refractivity contribution in [1.29, 1.82) is 0 Å². The smallest absolute Gasteiger partial charge is 0.404 e. The zero-order valence-corrected chi connectivity index (χ0v) is 13.3. The molecule has 0 radical (unpaired) electrons. The third-order valence-electron chi connectivity index (χ3n) is 4.37. The van der Waals surface area contributed by atoms with Crippen molar-refractivity contribution in [2.24, 2.45) is 0 Å². The van der Waals surface area contributed by atoms with Crippen molar-refractivity contribution in [2.45, 2.75) is 50.2 Å². The van der Waals surface area contributed by atoms with Gasteiger partial charge < -0.3 is 26.0 Å². The first-order valence-electron chi connectivity index (χ1n) is 8.20. The van der Waals surface area contributed by atoms with Crippen LogP contribution in [0.25, 0.3) is 0 Å². The first-order chi connectivity index (χ1) is 11.0. The number of hydrogen-bond donors (Lipinski definition) is 5. The molecule has 128 valence electrons. The van der Waals surface area contributed by atoms with Crippen LogP contribution in [0, 0.1) is 0 Å². The number of rotatable bonds is 7. The van der Waals surface area contributed by atoms with Gasteiger partial charge >= 0.3 is 6.09 Å². The number of aliphatic hydroxyl groups excluding tert-OH is 1. The van der Waals surface area contributed by atoms with E-state index in [-0.39, 0.29) is 6.54 Å². The van der Waals surface area contributed by atoms with Gasteiger partial charge in [-0.25, -0.2) is 4.79 Å². The normalized spacial score (nSPS) is 18.2. The summed E-state index contributed by atoms with van der Waals surface area (Å²) >= 11 is 0. The largest absolute Gasteiger partial charge is 0.465 e. The Hall–Kier alpha value is -1.79. The number of benzene rings is 1. The van der Waals surface area contributed by atoms with Crippen molar-refractivity contribution < 1.29 is 20.1 Å². The van der Waals surface area contributed by atoms with Crippen LogP contribution in [0.3, 0.4) is 0 Å². The van der Waals surface area contributed by atoms with Crippen molar-refractivity contribution in [3.8, 4) is 0 Å². The minimum atomic E-state index is -1.09. The lowest BCUT2D eigenvalue weighted by atomic mass is 9.85. The molecule has 0 bridgehead atoms. The molecule has 1 aliphatic rings. The Morgan fingerprint density at radius 2 is 2.00 bits per heavy atom. The van der Waals surface area contributed by atoms with Crippen LogP contribution in [0.15, 0.2) is 24.3 Å². The molecule has 0 heterocycles. The van der Waals surface area contributed by atoms with Crippen molar-refractivity contribution in [3.63, 3.8) is 0 Å². The molecule has 1 fully saturated rings. The zero-order valence-electron chi connectivity index (χ0n) is 13.3. The molecule has 6 nitrogen and oxygen atoms in total. The highest BCUT2D eigenvalue weighted by Crippen LogP contribution is 2.28. The van der Waals surface area contributed by atoms with E-state index in [9.17, 15) is 15.0 Å². The van der Waals surface area contributed by atoms with Gasteiger partial charge in [0.15, 0.2) is 0 Å². The van der Waals surface area contributed by atoms with E-state index in [1.54, 1.807) is 0 Å². The number of carboxylic acid groups (broad SMARTS) is 1. The van der Waals surface area contributed by atoms with Gasteiger partial charge in [-0.3, -0.25) is 0 Å². The SMILES string of the molecule is O=C(O)NCCC(O)c1cccc(NCC2(O)CCCCC2)c1. The summed E-state index contributed by atoms with van der Waals surface area (Å²) in [5.74, 6) is 0. The lowest BCUT2D eigenvalue weighted by Gasteiger charge is -2.32. The Morgan fingerprint density at radius 1 is 1.26 bits per heavy atom. The lowest BCUT2D eigenvalue weighted by molar-refractivity contribution is 0.0167. The van der Waals surface area contributed by atoms with Crippen LogP contribution >= 0.6 is 0 Å². The van der Waals surface area contributed by atoms with Crippen LogP contribution in [0.2, 0.25) is 0 Å². The summed E-state index contributed by atoms with van der Waals surface area (Å²) in [5, 5.41) is 34.6. The first kappa shape index (κ1) is 17.6. The Morgan fingerprint density at radius 3 is 2.70 bits per heavy atom. The van der Waals surface area contributed by atoms with E-state index in [0.29, 0.717) is 13.0 Å². The standard InChI is InChI=1S/C17H26N2O4/c20-15(7-10-18-16(21)22)13-5-4-6-14(11-13)19-12-17(23)8-2-1-3-9-17/h4-6,11,15,18-20,23H,1-3,7-10,12H2,(H,21,22). The Kier molecular flexibility index (Phi) is 6.24. The van der Waals surface area contributed by atoms with Gasteiger partial charge in [0.25, 0.3) is 0 Å². The molecule has 1 unspecified atom stereocenters. The van der Waals surface area contributed by atoms with E-state index in [1.807, 2.05) is 24.3 Å². The third-order valence-corrected chi connectivity index (χ3v) is 4.37. The van der Waals surface area contributed by atoms with Gasteiger partial charge in [-0.05, 0) is 37.0 Å². The predicted octanol–water partition coefficient (Wildman–Crippen LogP) is 2.48. The quantitative estimate of drug-likeness (QED) is 0.531. The topological polar surface area (TPSA) is 102 Å². The third kappa shape index (κ3) is 5.73. The highest BCUT2D eigenvalue weighted by atomic mass is 16.4. The number of hydrogen-bond acceptors (Lipinski definition) is 4. The highest BCUT2D eigenvalue weighted by molar-refractivity contribution is 5.64. The fourth-order valence-corrected chi connectivity index (χ4v) is 2.99. The number of carbonyl (C=O) groups is 1. The van der Waals surface area contributed by atoms with Crippen LogP contribution in [0.4, 0.5) is 10.5 Å². The average Bonchev–Trinajstić information content (AvgIpc) is 2.54. The zero-order chi connectivity index (χ0) is 16.7. The monoisotopic (exact) mass is 322 g/mol. The van der Waals surface area contributed by atoms with Gasteiger partial charge in [0.1, 0.15) is 0 Å². The summed E-state index contributed by atoms with van der Waals surface area (Å²) in [6, 6.07) is 7.40. The van der Waals surface area contributed by atoms with Gasteiger partial charge in [-0.1, -0.05) is 31.4 Å². The second-order valence-electron chi connectivity index (χ2n) is 6.30. The van der Waals surface area contributed by atoms with E-state index < -0.39 is 17.8 Å². The van der Waals surface area contributed by atoms with Crippen LogP contribution in [-0.4, -0.2) is 40.1 Å². The van der Waals surface area contributed by atoms with E-state index in [0.717, 1.165) is 36.9 Å². The molecule has 0 spiro atoms. The molecule has 2 rings (SSSR count). The van der Waals surface area contributed by atoms with Gasteiger partial charge in [-0.2, -0.15) is 0 Å². The molecule has 0 aliphatic heterocycles. The molecule has 5 N–H and O–H groups in total. The van der Waals surface area contributed by atoms with E-state index in [1.165, 1.54) is 6.42 Å². The predicted molar refractivity (Wildman–Crippen MR) is 88.6 cm³/mol. The Labute approximate surface area is 136 Å². The Balaban J connectivity index is 1.87.